The molecule has 1 aromatic carbocycles. The molecular formula is C26H37N5O6. The number of likely N-dealkylation sites (tertiary alicyclic amines) is 1. The van der Waals surface area contributed by atoms with E-state index in [0.717, 1.165) is 11.3 Å². The van der Waals surface area contributed by atoms with Gasteiger partial charge >= 0.3 is 12.2 Å². The van der Waals surface area contributed by atoms with E-state index in [-0.39, 0.29) is 19.0 Å². The number of carbonyl (C=O) groups excluding carboxylic acids is 3. The second-order valence-corrected chi connectivity index (χ2v) is 10.1. The Morgan fingerprint density at radius 1 is 1.19 bits per heavy atom. The van der Waals surface area contributed by atoms with Crippen LogP contribution in [0.3, 0.4) is 0 Å². The summed E-state index contributed by atoms with van der Waals surface area (Å²) in [5.74, 6) is 0.612. The highest BCUT2D eigenvalue weighted by molar-refractivity contribution is 5.84. The topological polar surface area (TPSA) is 115 Å². The van der Waals surface area contributed by atoms with Crippen molar-refractivity contribution in [3.8, 4) is 5.75 Å². The van der Waals surface area contributed by atoms with Gasteiger partial charge in [-0.2, -0.15) is 5.10 Å². The van der Waals surface area contributed by atoms with Gasteiger partial charge < -0.3 is 24.0 Å². The molecule has 1 unspecified atom stereocenters. The van der Waals surface area contributed by atoms with Gasteiger partial charge in [0.2, 0.25) is 5.91 Å². The van der Waals surface area contributed by atoms with Crippen molar-refractivity contribution in [3.63, 3.8) is 0 Å². The maximum Gasteiger partial charge on any atom is 0.412 e. The number of aryl methyl sites for hydroxylation is 1. The number of benzene rings is 1. The molecule has 37 heavy (non-hydrogen) atoms. The maximum absolute atomic E-state index is 12.5. The molecule has 1 atom stereocenters. The average Bonchev–Trinajstić information content (AvgIpc) is 3.25. The van der Waals surface area contributed by atoms with Crippen molar-refractivity contribution in [3.05, 3.63) is 42.2 Å². The van der Waals surface area contributed by atoms with Gasteiger partial charge in [-0.1, -0.05) is 17.7 Å². The molecule has 1 saturated heterocycles. The van der Waals surface area contributed by atoms with Gasteiger partial charge in [0.15, 0.2) is 0 Å². The second kappa shape index (κ2) is 12.5. The molecule has 11 nitrogen and oxygen atoms in total. The monoisotopic (exact) mass is 515 g/mol. The van der Waals surface area contributed by atoms with Crippen LogP contribution in [0.25, 0.3) is 0 Å². The first-order valence-electron chi connectivity index (χ1n) is 12.4. The Morgan fingerprint density at radius 2 is 1.92 bits per heavy atom. The highest BCUT2D eigenvalue weighted by Crippen LogP contribution is 2.18. The molecule has 1 aliphatic rings. The molecule has 2 aromatic rings. The number of nitrogens with one attached hydrogen (secondary N) is 1. The summed E-state index contributed by atoms with van der Waals surface area (Å²) in [7, 11) is 1.70. The zero-order valence-corrected chi connectivity index (χ0v) is 22.2. The van der Waals surface area contributed by atoms with Crippen LogP contribution >= 0.6 is 0 Å². The summed E-state index contributed by atoms with van der Waals surface area (Å²) in [6, 6.07) is 7.73. The van der Waals surface area contributed by atoms with E-state index >= 15 is 0 Å². The van der Waals surface area contributed by atoms with Crippen LogP contribution in [0.15, 0.2) is 36.7 Å². The molecule has 1 aromatic heterocycles. The summed E-state index contributed by atoms with van der Waals surface area (Å²) in [4.78, 5) is 40.3. The van der Waals surface area contributed by atoms with Crippen LogP contribution in [0.2, 0.25) is 0 Å². The number of carbonyl (C=O) groups is 3. The van der Waals surface area contributed by atoms with Crippen LogP contribution in [-0.4, -0.2) is 82.7 Å². The number of hydrogen-bond donors (Lipinski definition) is 1. The van der Waals surface area contributed by atoms with Crippen molar-refractivity contribution < 1.29 is 28.6 Å². The summed E-state index contributed by atoms with van der Waals surface area (Å²) in [6.07, 6.45) is 2.87. The lowest BCUT2D eigenvalue weighted by Crippen LogP contribution is -2.46. The number of amides is 3. The van der Waals surface area contributed by atoms with Gasteiger partial charge in [-0.15, -0.1) is 0 Å². The molecule has 11 heteroatoms. The van der Waals surface area contributed by atoms with E-state index in [9.17, 15) is 14.4 Å². The molecule has 1 N–H and O–H groups in total. The molecule has 0 bridgehead atoms. The van der Waals surface area contributed by atoms with Crippen molar-refractivity contribution in [2.75, 3.05) is 38.6 Å². The van der Waals surface area contributed by atoms with Crippen LogP contribution in [0.4, 0.5) is 15.3 Å². The van der Waals surface area contributed by atoms with Crippen molar-refractivity contribution in [1.29, 1.82) is 0 Å². The van der Waals surface area contributed by atoms with Gasteiger partial charge in [0.25, 0.3) is 0 Å². The first-order chi connectivity index (χ1) is 17.5. The van der Waals surface area contributed by atoms with Gasteiger partial charge in [-0.05, 0) is 52.7 Å². The Balaban J connectivity index is 1.40. The lowest BCUT2D eigenvalue weighted by atomic mass is 10.1. The lowest BCUT2D eigenvalue weighted by molar-refractivity contribution is -0.131. The third-order valence-corrected chi connectivity index (χ3v) is 5.62. The molecule has 2 heterocycles. The van der Waals surface area contributed by atoms with Crippen LogP contribution in [0.5, 0.6) is 5.75 Å². The number of likely N-dealkylation sites (N-methyl/N-ethyl adjacent to an activating group) is 1. The molecule has 202 valence electrons. The first kappa shape index (κ1) is 27.8. The van der Waals surface area contributed by atoms with Crippen LogP contribution < -0.4 is 10.1 Å². The lowest BCUT2D eigenvalue weighted by Gasteiger charge is -2.33. The fourth-order valence-corrected chi connectivity index (χ4v) is 3.66. The fourth-order valence-electron chi connectivity index (χ4n) is 3.66. The quantitative estimate of drug-likeness (QED) is 0.570. The van der Waals surface area contributed by atoms with Crippen molar-refractivity contribution in [2.45, 2.75) is 58.8 Å². The van der Waals surface area contributed by atoms with E-state index in [1.54, 1.807) is 23.0 Å². The smallest absolute Gasteiger partial charge is 0.412 e. The van der Waals surface area contributed by atoms with Crippen molar-refractivity contribution in [1.82, 2.24) is 19.6 Å². The number of hydrogen-bond acceptors (Lipinski definition) is 7. The van der Waals surface area contributed by atoms with Gasteiger partial charge in [-0.25, -0.2) is 9.59 Å². The molecule has 0 aliphatic carbocycles. The normalized spacial score (nSPS) is 15.6. The van der Waals surface area contributed by atoms with E-state index in [2.05, 4.69) is 10.4 Å². The maximum atomic E-state index is 12.5. The first-order valence-corrected chi connectivity index (χ1v) is 12.4. The van der Waals surface area contributed by atoms with Gasteiger partial charge in [-0.3, -0.25) is 14.8 Å². The van der Waals surface area contributed by atoms with Crippen LogP contribution in [-0.2, 0) is 20.8 Å². The Morgan fingerprint density at radius 3 is 2.62 bits per heavy atom. The number of piperidine rings is 1. The summed E-state index contributed by atoms with van der Waals surface area (Å²) in [5.41, 5.74) is 0.969. The third kappa shape index (κ3) is 9.32. The minimum absolute atomic E-state index is 0.0191. The summed E-state index contributed by atoms with van der Waals surface area (Å²) in [5, 5.41) is 6.77. The highest BCUT2D eigenvalue weighted by Gasteiger charge is 2.29. The van der Waals surface area contributed by atoms with E-state index in [4.69, 9.17) is 14.2 Å². The van der Waals surface area contributed by atoms with Gasteiger partial charge in [0.05, 0.1) is 25.0 Å². The minimum Gasteiger partial charge on any atom is -0.492 e. The van der Waals surface area contributed by atoms with E-state index in [0.29, 0.717) is 38.2 Å². The zero-order valence-electron chi connectivity index (χ0n) is 22.2. The number of anilines is 1. The number of aromatic nitrogens is 2. The van der Waals surface area contributed by atoms with Gasteiger partial charge in [0.1, 0.15) is 30.6 Å². The number of ether oxygens (including phenoxy) is 3. The Labute approximate surface area is 217 Å². The molecule has 0 saturated carbocycles. The molecule has 0 spiro atoms. The third-order valence-electron chi connectivity index (χ3n) is 5.62. The summed E-state index contributed by atoms with van der Waals surface area (Å²) >= 11 is 0. The summed E-state index contributed by atoms with van der Waals surface area (Å²) in [6.45, 7) is 9.08. The Bertz CT molecular complexity index is 1060. The molecular weight excluding hydrogens is 478 g/mol. The van der Waals surface area contributed by atoms with E-state index < -0.39 is 23.9 Å². The highest BCUT2D eigenvalue weighted by atomic mass is 16.6. The molecule has 3 rings (SSSR count). The molecule has 1 fully saturated rings. The van der Waals surface area contributed by atoms with Gasteiger partial charge in [0, 0.05) is 19.8 Å². The Kier molecular flexibility index (Phi) is 9.37. The average molecular weight is 516 g/mol. The minimum atomic E-state index is -0.646. The van der Waals surface area contributed by atoms with Crippen LogP contribution in [0.1, 0.15) is 39.2 Å². The summed E-state index contributed by atoms with van der Waals surface area (Å²) < 4.78 is 18.0. The van der Waals surface area contributed by atoms with Crippen LogP contribution in [0, 0.1) is 6.92 Å². The SMILES string of the molecule is Cc1ccc(OCCN(C)C(=O)Cn2cc(NC(=O)OC3CCCN(C(=O)OC(C)(C)C)C3)cn2)cc1. The second-order valence-electron chi connectivity index (χ2n) is 10.1. The standard InChI is InChI=1S/C26H37N5O6/c1-19-8-10-21(11-9-19)35-14-13-29(5)23(32)18-31-16-20(15-27-31)28-24(33)36-22-7-6-12-30(17-22)25(34)37-26(2,3)4/h8-11,15-16,22H,6-7,12-14,17-18H2,1-5H3,(H,28,33). The predicted octanol–water partition coefficient (Wildman–Crippen LogP) is 3.68. The molecule has 3 amide bonds. The fraction of sp³-hybridized carbons (Fsp3) is 0.538. The largest absolute Gasteiger partial charge is 0.492 e. The Hall–Kier alpha value is -3.76. The predicted molar refractivity (Wildman–Crippen MR) is 137 cm³/mol. The molecule has 0 radical (unpaired) electrons. The van der Waals surface area contributed by atoms with E-state index in [1.807, 2.05) is 52.0 Å². The molecule has 1 aliphatic heterocycles. The number of rotatable bonds is 8. The van der Waals surface area contributed by atoms with E-state index in [1.165, 1.54) is 10.9 Å². The number of nitrogens with zero attached hydrogens (tertiary/aromatic N) is 4. The van der Waals surface area contributed by atoms with Crippen molar-refractivity contribution in [2.24, 2.45) is 0 Å². The van der Waals surface area contributed by atoms with Crippen molar-refractivity contribution >= 4 is 23.8 Å². The zero-order chi connectivity index (χ0) is 27.0.